The standard InChI is InChI=1S/C26H27FN4O3S/c1-2-20(22-9-10-29-26(31-22)15-35(33,34)19-7-8-19)25(32)12-17-5-6-18(11-21(17)27)24-14-28-13-23(30-24)16-3-4-16/h5-6,9-11,13-14,16,19-20H,2-4,7-8,12,15H2,1H3. The number of hydrogen-bond donors (Lipinski definition) is 0. The lowest BCUT2D eigenvalue weighted by atomic mass is 9.92. The zero-order valence-corrected chi connectivity index (χ0v) is 20.3. The largest absolute Gasteiger partial charge is 0.299 e. The number of aromatic nitrogens is 4. The van der Waals surface area contributed by atoms with E-state index in [1.54, 1.807) is 30.6 Å². The summed E-state index contributed by atoms with van der Waals surface area (Å²) < 4.78 is 39.6. The molecule has 2 heterocycles. The van der Waals surface area contributed by atoms with Crippen LogP contribution in [0.4, 0.5) is 4.39 Å². The van der Waals surface area contributed by atoms with Crippen LogP contribution < -0.4 is 0 Å². The Balaban J connectivity index is 1.31. The van der Waals surface area contributed by atoms with Crippen LogP contribution >= 0.6 is 0 Å². The van der Waals surface area contributed by atoms with E-state index < -0.39 is 21.6 Å². The summed E-state index contributed by atoms with van der Waals surface area (Å²) in [6, 6.07) is 6.41. The average Bonchev–Trinajstić information content (AvgIpc) is 3.73. The smallest absolute Gasteiger partial charge is 0.160 e. The zero-order valence-electron chi connectivity index (χ0n) is 19.5. The Morgan fingerprint density at radius 1 is 1.11 bits per heavy atom. The molecule has 0 N–H and O–H groups in total. The molecule has 2 aliphatic carbocycles. The van der Waals surface area contributed by atoms with Crippen LogP contribution in [0.5, 0.6) is 0 Å². The van der Waals surface area contributed by atoms with Crippen LogP contribution in [0, 0.1) is 5.82 Å². The van der Waals surface area contributed by atoms with E-state index in [-0.39, 0.29) is 29.0 Å². The molecular weight excluding hydrogens is 467 g/mol. The summed E-state index contributed by atoms with van der Waals surface area (Å²) in [6.45, 7) is 1.86. The summed E-state index contributed by atoms with van der Waals surface area (Å²) in [5.41, 5.74) is 2.94. The Morgan fingerprint density at radius 2 is 1.91 bits per heavy atom. The molecule has 0 saturated heterocycles. The Hall–Kier alpha value is -3.07. The van der Waals surface area contributed by atoms with Crippen LogP contribution in [0.3, 0.4) is 0 Å². The van der Waals surface area contributed by atoms with Crippen molar-refractivity contribution >= 4 is 15.6 Å². The molecule has 35 heavy (non-hydrogen) atoms. The second-order valence-corrected chi connectivity index (χ2v) is 11.7. The number of carbonyl (C=O) groups excluding carboxylic acids is 1. The van der Waals surface area contributed by atoms with Crippen LogP contribution in [0.15, 0.2) is 42.9 Å². The van der Waals surface area contributed by atoms with E-state index in [0.717, 1.165) is 18.5 Å². The number of rotatable bonds is 10. The van der Waals surface area contributed by atoms with Gasteiger partial charge in [-0.25, -0.2) is 27.8 Å². The lowest BCUT2D eigenvalue weighted by molar-refractivity contribution is -0.120. The van der Waals surface area contributed by atoms with E-state index in [9.17, 15) is 17.6 Å². The summed E-state index contributed by atoms with van der Waals surface area (Å²) in [6.07, 6.45) is 8.83. The highest BCUT2D eigenvalue weighted by atomic mass is 32.2. The van der Waals surface area contributed by atoms with Crippen molar-refractivity contribution in [2.75, 3.05) is 0 Å². The van der Waals surface area contributed by atoms with Gasteiger partial charge in [-0.3, -0.25) is 9.78 Å². The van der Waals surface area contributed by atoms with Crippen LogP contribution in [-0.2, 0) is 26.8 Å². The first kappa shape index (κ1) is 23.7. The van der Waals surface area contributed by atoms with Crippen molar-refractivity contribution in [3.63, 3.8) is 0 Å². The summed E-state index contributed by atoms with van der Waals surface area (Å²) in [5, 5.41) is -0.300. The van der Waals surface area contributed by atoms with Gasteiger partial charge in [0.05, 0.1) is 34.4 Å². The molecule has 1 unspecified atom stereocenters. The molecule has 0 bridgehead atoms. The maximum absolute atomic E-state index is 15.0. The summed E-state index contributed by atoms with van der Waals surface area (Å²) >= 11 is 0. The number of carbonyl (C=O) groups is 1. The van der Waals surface area contributed by atoms with Crippen LogP contribution in [-0.4, -0.2) is 39.4 Å². The molecule has 2 aliphatic rings. The summed E-state index contributed by atoms with van der Waals surface area (Å²) in [4.78, 5) is 30.5. The fraction of sp³-hybridized carbons (Fsp3) is 0.423. The quantitative estimate of drug-likeness (QED) is 0.413. The third-order valence-corrected chi connectivity index (χ3v) is 8.75. The monoisotopic (exact) mass is 494 g/mol. The minimum absolute atomic E-state index is 0.0852. The minimum Gasteiger partial charge on any atom is -0.299 e. The lowest BCUT2D eigenvalue weighted by Crippen LogP contribution is -2.18. The van der Waals surface area contributed by atoms with Gasteiger partial charge in [-0.2, -0.15) is 0 Å². The van der Waals surface area contributed by atoms with Gasteiger partial charge in [0.2, 0.25) is 0 Å². The predicted octanol–water partition coefficient (Wildman–Crippen LogP) is 4.33. The highest BCUT2D eigenvalue weighted by molar-refractivity contribution is 7.91. The average molecular weight is 495 g/mol. The molecule has 0 aliphatic heterocycles. The Bertz CT molecular complexity index is 1370. The molecule has 1 aromatic carbocycles. The Labute approximate surface area is 204 Å². The first-order chi connectivity index (χ1) is 16.8. The van der Waals surface area contributed by atoms with Gasteiger partial charge < -0.3 is 0 Å². The second-order valence-electron chi connectivity index (χ2n) is 9.42. The number of halogens is 1. The van der Waals surface area contributed by atoms with Crippen molar-refractivity contribution in [3.8, 4) is 11.3 Å². The van der Waals surface area contributed by atoms with Crippen molar-refractivity contribution in [1.82, 2.24) is 19.9 Å². The Morgan fingerprint density at radius 3 is 2.60 bits per heavy atom. The molecular formula is C26H27FN4O3S. The molecule has 9 heteroatoms. The van der Waals surface area contributed by atoms with Gasteiger partial charge in [0.25, 0.3) is 0 Å². The SMILES string of the molecule is CCC(C(=O)Cc1ccc(-c2cncc(C3CC3)n2)cc1F)c1ccnc(CS(=O)(=O)C2CC2)n1. The fourth-order valence-corrected chi connectivity index (χ4v) is 5.85. The van der Waals surface area contributed by atoms with E-state index >= 15 is 0 Å². The van der Waals surface area contributed by atoms with Crippen LogP contribution in [0.25, 0.3) is 11.3 Å². The maximum atomic E-state index is 15.0. The van der Waals surface area contributed by atoms with Gasteiger partial charge in [0.15, 0.2) is 9.84 Å². The van der Waals surface area contributed by atoms with E-state index in [1.807, 2.05) is 6.92 Å². The van der Waals surface area contributed by atoms with Gasteiger partial charge in [-0.05, 0) is 49.8 Å². The van der Waals surface area contributed by atoms with Crippen LogP contribution in [0.1, 0.15) is 73.6 Å². The number of hydrogen-bond acceptors (Lipinski definition) is 7. The molecule has 7 nitrogen and oxygen atoms in total. The van der Waals surface area contributed by atoms with E-state index in [1.165, 1.54) is 12.3 Å². The fourth-order valence-electron chi connectivity index (χ4n) is 4.26. The van der Waals surface area contributed by atoms with Gasteiger partial charge in [-0.1, -0.05) is 19.1 Å². The van der Waals surface area contributed by atoms with Gasteiger partial charge >= 0.3 is 0 Å². The first-order valence-corrected chi connectivity index (χ1v) is 13.7. The molecule has 1 atom stereocenters. The molecule has 2 aromatic heterocycles. The van der Waals surface area contributed by atoms with Crippen molar-refractivity contribution in [2.45, 2.75) is 68.3 Å². The third-order valence-electron chi connectivity index (χ3n) is 6.61. The number of ketones is 1. The number of nitrogens with zero attached hydrogens (tertiary/aromatic N) is 4. The molecule has 2 fully saturated rings. The van der Waals surface area contributed by atoms with Crippen molar-refractivity contribution < 1.29 is 17.6 Å². The Kier molecular flexibility index (Phi) is 6.44. The summed E-state index contributed by atoms with van der Waals surface area (Å²) in [5.74, 6) is -0.790. The first-order valence-electron chi connectivity index (χ1n) is 12.0. The van der Waals surface area contributed by atoms with Gasteiger partial charge in [0, 0.05) is 30.3 Å². The van der Waals surface area contributed by atoms with Crippen molar-refractivity contribution in [3.05, 3.63) is 71.4 Å². The van der Waals surface area contributed by atoms with Gasteiger partial charge in [0.1, 0.15) is 23.2 Å². The number of benzene rings is 1. The van der Waals surface area contributed by atoms with Crippen molar-refractivity contribution in [2.24, 2.45) is 0 Å². The molecule has 0 amide bonds. The predicted molar refractivity (Wildman–Crippen MR) is 129 cm³/mol. The summed E-state index contributed by atoms with van der Waals surface area (Å²) in [7, 11) is -3.26. The zero-order chi connectivity index (χ0) is 24.6. The maximum Gasteiger partial charge on any atom is 0.160 e. The van der Waals surface area contributed by atoms with E-state index in [2.05, 4.69) is 19.9 Å². The highest BCUT2D eigenvalue weighted by Gasteiger charge is 2.36. The van der Waals surface area contributed by atoms with E-state index in [4.69, 9.17) is 0 Å². The second kappa shape index (κ2) is 9.53. The molecule has 5 rings (SSSR count). The molecule has 3 aromatic rings. The van der Waals surface area contributed by atoms with Crippen molar-refractivity contribution in [1.29, 1.82) is 0 Å². The normalized spacial score (nSPS) is 16.7. The lowest BCUT2D eigenvalue weighted by Gasteiger charge is -2.15. The number of sulfone groups is 1. The number of Topliss-reactive ketones (excluding diaryl/α,β-unsaturated/α-hetero) is 1. The topological polar surface area (TPSA) is 103 Å². The van der Waals surface area contributed by atoms with Gasteiger partial charge in [-0.15, -0.1) is 0 Å². The third kappa shape index (κ3) is 5.45. The highest BCUT2D eigenvalue weighted by Crippen LogP contribution is 2.39. The molecule has 0 radical (unpaired) electrons. The van der Waals surface area contributed by atoms with E-state index in [0.29, 0.717) is 47.7 Å². The van der Waals surface area contributed by atoms with Crippen LogP contribution in [0.2, 0.25) is 0 Å². The molecule has 2 saturated carbocycles. The minimum atomic E-state index is -3.26. The molecule has 0 spiro atoms. The molecule has 182 valence electrons.